The number of hydrogen-bond acceptors (Lipinski definition) is 6. The van der Waals surface area contributed by atoms with Crippen LogP contribution in [0, 0.1) is 0 Å². The Labute approximate surface area is 127 Å². The summed E-state index contributed by atoms with van der Waals surface area (Å²) in [5.41, 5.74) is 0.147. The Morgan fingerprint density at radius 2 is 2.25 bits per heavy atom. The maximum atomic E-state index is 11.7. The van der Waals surface area contributed by atoms with Crippen LogP contribution in [0.25, 0.3) is 0 Å². The summed E-state index contributed by atoms with van der Waals surface area (Å²) in [6.07, 6.45) is -1.22. The first-order valence-corrected chi connectivity index (χ1v) is 6.62. The number of ether oxygens (including phenoxy) is 2. The van der Waals surface area contributed by atoms with Crippen molar-refractivity contribution in [1.82, 2.24) is 0 Å². The van der Waals surface area contributed by atoms with Gasteiger partial charge in [0.05, 0.1) is 13.0 Å². The number of methoxy groups -OCH3 is 1. The van der Waals surface area contributed by atoms with Gasteiger partial charge in [-0.3, -0.25) is 0 Å². The van der Waals surface area contributed by atoms with Crippen molar-refractivity contribution in [3.63, 3.8) is 0 Å². The van der Waals surface area contributed by atoms with Crippen LogP contribution < -0.4 is 0 Å². The summed E-state index contributed by atoms with van der Waals surface area (Å²) >= 11 is 9.36. The molecule has 0 bridgehead atoms. The van der Waals surface area contributed by atoms with Gasteiger partial charge in [-0.05, 0) is 17.7 Å². The highest BCUT2D eigenvalue weighted by Crippen LogP contribution is 2.36. The Bertz CT molecular complexity index is 604. The maximum absolute atomic E-state index is 11.7. The van der Waals surface area contributed by atoms with E-state index in [0.29, 0.717) is 10.6 Å². The van der Waals surface area contributed by atoms with Gasteiger partial charge >= 0.3 is 11.9 Å². The van der Waals surface area contributed by atoms with Crippen molar-refractivity contribution in [3.8, 4) is 0 Å². The van der Waals surface area contributed by atoms with Gasteiger partial charge in [-0.1, -0.05) is 38.8 Å². The number of oxime groups is 1. The van der Waals surface area contributed by atoms with E-state index in [1.807, 2.05) is 0 Å². The van der Waals surface area contributed by atoms with E-state index in [4.69, 9.17) is 21.5 Å². The van der Waals surface area contributed by atoms with Crippen molar-refractivity contribution in [3.05, 3.63) is 33.3 Å². The van der Waals surface area contributed by atoms with E-state index >= 15 is 0 Å². The van der Waals surface area contributed by atoms with Gasteiger partial charge in [0, 0.05) is 9.50 Å². The Kier molecular flexibility index (Phi) is 4.29. The molecule has 1 aromatic carbocycles. The van der Waals surface area contributed by atoms with Crippen molar-refractivity contribution in [2.45, 2.75) is 12.0 Å². The Balaban J connectivity index is 2.53. The largest absolute Gasteiger partial charge is 0.466 e. The number of carbonyl (C=O) groups is 2. The molecular formula is C12H9BrClNO5. The molecule has 0 saturated carbocycles. The van der Waals surface area contributed by atoms with Crippen molar-refractivity contribution in [2.24, 2.45) is 5.16 Å². The summed E-state index contributed by atoms with van der Waals surface area (Å²) in [6.45, 7) is 0. The molecule has 2 atom stereocenters. The van der Waals surface area contributed by atoms with Gasteiger partial charge in [-0.25, -0.2) is 9.59 Å². The van der Waals surface area contributed by atoms with Crippen molar-refractivity contribution in [1.29, 1.82) is 0 Å². The second-order valence-electron chi connectivity index (χ2n) is 3.98. The molecule has 0 aromatic heterocycles. The van der Waals surface area contributed by atoms with E-state index in [1.54, 1.807) is 18.2 Å². The molecule has 0 amide bonds. The lowest BCUT2D eigenvalue weighted by atomic mass is 9.91. The number of nitrogens with zero attached hydrogens (tertiary/aromatic N) is 1. The Hall–Kier alpha value is -1.60. The number of esters is 2. The molecular weight excluding hydrogens is 353 g/mol. The molecule has 1 N–H and O–H groups in total. The summed E-state index contributed by atoms with van der Waals surface area (Å²) in [5, 5.41) is 12.2. The van der Waals surface area contributed by atoms with E-state index in [1.165, 1.54) is 7.11 Å². The monoisotopic (exact) mass is 361 g/mol. The summed E-state index contributed by atoms with van der Waals surface area (Å²) in [6, 6.07) is 4.90. The number of halogens is 2. The molecule has 1 aliphatic heterocycles. The lowest BCUT2D eigenvalue weighted by Crippen LogP contribution is -2.28. The summed E-state index contributed by atoms with van der Waals surface area (Å²) in [4.78, 5) is 23.3. The van der Waals surface area contributed by atoms with Crippen LogP contribution in [-0.4, -0.2) is 36.1 Å². The molecule has 0 unspecified atom stereocenters. The van der Waals surface area contributed by atoms with Crippen LogP contribution in [0.5, 0.6) is 0 Å². The number of hydrogen-bond donors (Lipinski definition) is 1. The second-order valence-corrected chi connectivity index (χ2v) is 5.30. The molecule has 20 heavy (non-hydrogen) atoms. The van der Waals surface area contributed by atoms with Crippen LogP contribution in [0.4, 0.5) is 0 Å². The topological polar surface area (TPSA) is 85.2 Å². The average molecular weight is 363 g/mol. The van der Waals surface area contributed by atoms with Crippen LogP contribution in [0.1, 0.15) is 11.5 Å². The molecule has 1 saturated heterocycles. The predicted octanol–water partition coefficient (Wildman–Crippen LogP) is 2.11. The highest BCUT2D eigenvalue weighted by Gasteiger charge is 2.48. The normalized spacial score (nSPS) is 23.8. The number of cyclic esters (lactones) is 1. The van der Waals surface area contributed by atoms with Crippen molar-refractivity contribution in [2.75, 3.05) is 7.11 Å². The third-order valence-corrected chi connectivity index (χ3v) is 3.70. The number of benzene rings is 1. The quantitative estimate of drug-likeness (QED) is 0.495. The van der Waals surface area contributed by atoms with Crippen molar-refractivity contribution >= 4 is 45.2 Å². The molecule has 0 radical (unpaired) electrons. The molecule has 0 spiro atoms. The van der Waals surface area contributed by atoms with Gasteiger partial charge in [-0.2, -0.15) is 0 Å². The van der Waals surface area contributed by atoms with Crippen LogP contribution in [0.3, 0.4) is 0 Å². The van der Waals surface area contributed by atoms with Gasteiger partial charge in [0.2, 0.25) is 6.10 Å². The van der Waals surface area contributed by atoms with E-state index in [-0.39, 0.29) is 5.71 Å². The van der Waals surface area contributed by atoms with Crippen LogP contribution in [0.15, 0.2) is 27.8 Å². The van der Waals surface area contributed by atoms with Gasteiger partial charge in [0.1, 0.15) is 0 Å². The van der Waals surface area contributed by atoms with Crippen LogP contribution in [0.2, 0.25) is 5.02 Å². The molecule has 1 aromatic rings. The predicted molar refractivity (Wildman–Crippen MR) is 73.0 cm³/mol. The summed E-state index contributed by atoms with van der Waals surface area (Å²) in [5.74, 6) is -2.55. The third kappa shape index (κ3) is 2.51. The first-order chi connectivity index (χ1) is 9.49. The first kappa shape index (κ1) is 14.8. The molecule has 2 rings (SSSR count). The molecule has 6 nitrogen and oxygen atoms in total. The zero-order valence-corrected chi connectivity index (χ0v) is 12.5. The molecule has 1 fully saturated rings. The fourth-order valence-electron chi connectivity index (χ4n) is 1.98. The average Bonchev–Trinajstić information content (AvgIpc) is 2.74. The van der Waals surface area contributed by atoms with E-state index < -0.39 is 24.0 Å². The zero-order chi connectivity index (χ0) is 14.9. The van der Waals surface area contributed by atoms with E-state index in [9.17, 15) is 9.59 Å². The van der Waals surface area contributed by atoms with Crippen molar-refractivity contribution < 1.29 is 24.3 Å². The highest BCUT2D eigenvalue weighted by molar-refractivity contribution is 9.10. The third-order valence-electron chi connectivity index (χ3n) is 2.88. The Morgan fingerprint density at radius 1 is 1.55 bits per heavy atom. The van der Waals surface area contributed by atoms with Gasteiger partial charge < -0.3 is 14.7 Å². The minimum absolute atomic E-state index is 0.287. The molecule has 0 aliphatic carbocycles. The summed E-state index contributed by atoms with van der Waals surface area (Å²) in [7, 11) is 1.17. The molecule has 8 heteroatoms. The lowest BCUT2D eigenvalue weighted by molar-refractivity contribution is -0.159. The van der Waals surface area contributed by atoms with E-state index in [2.05, 4.69) is 25.8 Å². The summed E-state index contributed by atoms with van der Waals surface area (Å²) < 4.78 is 10.2. The fourth-order valence-corrected chi connectivity index (χ4v) is 2.77. The molecule has 1 heterocycles. The highest BCUT2D eigenvalue weighted by atomic mass is 79.9. The van der Waals surface area contributed by atoms with Gasteiger partial charge in [-0.15, -0.1) is 0 Å². The SMILES string of the molecule is COC(=O)[C@@H]1OC(=O)/C(=N\O)[C@H]1c1ccc(Br)cc1Cl. The standard InChI is InChI=1S/C12H9BrClNO5/c1-19-12(17)10-8(9(15-18)11(16)20-10)6-3-2-5(13)4-7(6)14/h2-4,8,10,18H,1H3/b15-9-/t8-,10-/m1/s1. The van der Waals surface area contributed by atoms with E-state index in [0.717, 1.165) is 4.47 Å². The van der Waals surface area contributed by atoms with Crippen LogP contribution >= 0.6 is 27.5 Å². The minimum Gasteiger partial charge on any atom is -0.466 e. The lowest BCUT2D eigenvalue weighted by Gasteiger charge is -2.16. The first-order valence-electron chi connectivity index (χ1n) is 5.45. The maximum Gasteiger partial charge on any atom is 0.357 e. The molecule has 1 aliphatic rings. The van der Waals surface area contributed by atoms with Crippen LogP contribution in [-0.2, 0) is 19.1 Å². The second kappa shape index (κ2) is 5.80. The Morgan fingerprint density at radius 3 is 2.80 bits per heavy atom. The fraction of sp³-hybridized carbons (Fsp3) is 0.250. The van der Waals surface area contributed by atoms with Gasteiger partial charge in [0.25, 0.3) is 0 Å². The zero-order valence-electron chi connectivity index (χ0n) is 10.2. The number of rotatable bonds is 2. The smallest absolute Gasteiger partial charge is 0.357 e. The van der Waals surface area contributed by atoms with Gasteiger partial charge in [0.15, 0.2) is 5.71 Å². The number of carbonyl (C=O) groups excluding carboxylic acids is 2. The molecule has 106 valence electrons. The minimum atomic E-state index is -1.22.